The molecule has 0 fully saturated rings. The highest BCUT2D eigenvalue weighted by Crippen LogP contribution is 2.07. The van der Waals surface area contributed by atoms with Crippen LogP contribution in [-0.4, -0.2) is 25.0 Å². The summed E-state index contributed by atoms with van der Waals surface area (Å²) in [5.74, 6) is 0. The Morgan fingerprint density at radius 3 is 3.18 bits per heavy atom. The van der Waals surface area contributed by atoms with E-state index in [4.69, 9.17) is 11.6 Å². The fourth-order valence-electron chi connectivity index (χ4n) is 0.792. The average molecular weight is 170 g/mol. The second-order valence-electron chi connectivity index (χ2n) is 2.05. The van der Waals surface area contributed by atoms with Crippen LogP contribution in [0.2, 0.25) is 5.15 Å². The van der Waals surface area contributed by atoms with Gasteiger partial charge in [-0.25, -0.2) is 14.6 Å². The van der Waals surface area contributed by atoms with Crippen molar-refractivity contribution in [3.8, 4) is 0 Å². The van der Waals surface area contributed by atoms with E-state index >= 15 is 0 Å². The molecule has 0 aromatic carbocycles. The molecule has 0 unspecified atom stereocenters. The first kappa shape index (κ1) is 6.48. The molecule has 56 valence electrons. The number of fused-ring (bicyclic) bond motifs is 1. The van der Waals surface area contributed by atoms with Gasteiger partial charge in [-0.1, -0.05) is 16.8 Å². The highest BCUT2D eigenvalue weighted by molar-refractivity contribution is 6.29. The van der Waals surface area contributed by atoms with E-state index in [1.165, 1.54) is 10.9 Å². The van der Waals surface area contributed by atoms with Gasteiger partial charge in [0.05, 0.1) is 6.20 Å². The Balaban J connectivity index is 2.87. The van der Waals surface area contributed by atoms with Crippen LogP contribution in [0.4, 0.5) is 0 Å². The van der Waals surface area contributed by atoms with E-state index in [9.17, 15) is 0 Å². The fraction of sp³-hybridized carbons (Fsp3) is 0.200. The van der Waals surface area contributed by atoms with E-state index in [0.717, 1.165) is 0 Å². The molecule has 2 heterocycles. The molecule has 11 heavy (non-hydrogen) atoms. The number of aromatic nitrogens is 5. The third-order valence-corrected chi connectivity index (χ3v) is 1.47. The summed E-state index contributed by atoms with van der Waals surface area (Å²) in [5.41, 5.74) is 1.11. The lowest BCUT2D eigenvalue weighted by Gasteiger charge is -1.89. The first-order chi connectivity index (χ1) is 5.27. The molecule has 6 heteroatoms. The van der Waals surface area contributed by atoms with Gasteiger partial charge in [-0.3, -0.25) is 0 Å². The second kappa shape index (κ2) is 2.13. The van der Waals surface area contributed by atoms with Gasteiger partial charge in [0.2, 0.25) is 5.65 Å². The van der Waals surface area contributed by atoms with Gasteiger partial charge in [-0.15, -0.1) is 5.10 Å². The van der Waals surface area contributed by atoms with Gasteiger partial charge in [-0.05, 0) is 0 Å². The largest absolute Gasteiger partial charge is 0.229 e. The van der Waals surface area contributed by atoms with E-state index in [1.807, 2.05) is 0 Å². The Labute approximate surface area is 67.0 Å². The molecular formula is C5H4ClN5. The summed E-state index contributed by atoms with van der Waals surface area (Å²) in [5, 5.41) is 7.81. The molecule has 0 saturated heterocycles. The fourth-order valence-corrected chi connectivity index (χ4v) is 0.920. The Hall–Kier alpha value is -1.23. The van der Waals surface area contributed by atoms with Crippen LogP contribution in [0.5, 0.6) is 0 Å². The zero-order valence-electron chi connectivity index (χ0n) is 5.69. The van der Waals surface area contributed by atoms with Crippen molar-refractivity contribution in [2.24, 2.45) is 7.05 Å². The molecule has 0 atom stereocenters. The second-order valence-corrected chi connectivity index (χ2v) is 2.44. The summed E-state index contributed by atoms with van der Waals surface area (Å²) in [6, 6.07) is 0. The molecule has 2 aromatic heterocycles. The third kappa shape index (κ3) is 0.932. The predicted molar refractivity (Wildman–Crippen MR) is 39.1 cm³/mol. The van der Waals surface area contributed by atoms with Crippen molar-refractivity contribution in [1.29, 1.82) is 0 Å². The van der Waals surface area contributed by atoms with Crippen molar-refractivity contribution in [3.05, 3.63) is 11.3 Å². The summed E-state index contributed by atoms with van der Waals surface area (Å²) >= 11 is 5.61. The number of nitrogens with zero attached hydrogens (tertiary/aromatic N) is 5. The molecule has 0 bridgehead atoms. The van der Waals surface area contributed by atoms with Gasteiger partial charge >= 0.3 is 0 Å². The van der Waals surface area contributed by atoms with Gasteiger partial charge in [0, 0.05) is 7.05 Å². The number of hydrogen-bond donors (Lipinski definition) is 0. The Kier molecular flexibility index (Phi) is 1.25. The van der Waals surface area contributed by atoms with Gasteiger partial charge < -0.3 is 0 Å². The van der Waals surface area contributed by atoms with Crippen molar-refractivity contribution in [3.63, 3.8) is 0 Å². The van der Waals surface area contributed by atoms with E-state index in [1.54, 1.807) is 7.05 Å². The quantitative estimate of drug-likeness (QED) is 0.573. The minimum absolute atomic E-state index is 0.350. The van der Waals surface area contributed by atoms with Crippen molar-refractivity contribution >= 4 is 22.9 Å². The average Bonchev–Trinajstić information content (AvgIpc) is 2.33. The minimum atomic E-state index is 0.350. The third-order valence-electron chi connectivity index (χ3n) is 1.29. The Morgan fingerprint density at radius 1 is 1.55 bits per heavy atom. The van der Waals surface area contributed by atoms with Crippen LogP contribution < -0.4 is 0 Å². The highest BCUT2D eigenvalue weighted by atomic mass is 35.5. The SMILES string of the molecule is Cn1nnc2ncc(Cl)nc21. The normalized spacial score (nSPS) is 10.7. The molecule has 0 saturated carbocycles. The molecule has 2 aromatic rings. The first-order valence-electron chi connectivity index (χ1n) is 2.95. The van der Waals surface area contributed by atoms with Gasteiger partial charge in [0.1, 0.15) is 5.15 Å². The molecule has 2 rings (SSSR count). The monoisotopic (exact) mass is 169 g/mol. The van der Waals surface area contributed by atoms with Crippen LogP contribution in [0.3, 0.4) is 0 Å². The molecular weight excluding hydrogens is 166 g/mol. The molecule has 0 radical (unpaired) electrons. The van der Waals surface area contributed by atoms with E-state index in [0.29, 0.717) is 16.4 Å². The van der Waals surface area contributed by atoms with Crippen molar-refractivity contribution < 1.29 is 0 Å². The van der Waals surface area contributed by atoms with Crippen molar-refractivity contribution in [2.45, 2.75) is 0 Å². The molecule has 0 aliphatic carbocycles. The molecule has 0 aliphatic heterocycles. The van der Waals surface area contributed by atoms with Crippen LogP contribution in [0, 0.1) is 0 Å². The predicted octanol–water partition coefficient (Wildman–Crippen LogP) is 0.412. The molecule has 0 N–H and O–H groups in total. The van der Waals surface area contributed by atoms with Crippen molar-refractivity contribution in [2.75, 3.05) is 0 Å². The Morgan fingerprint density at radius 2 is 2.36 bits per heavy atom. The highest BCUT2D eigenvalue weighted by Gasteiger charge is 2.03. The summed E-state index contributed by atoms with van der Waals surface area (Å²) in [4.78, 5) is 7.89. The van der Waals surface area contributed by atoms with Gasteiger partial charge in [0.25, 0.3) is 0 Å². The molecule has 0 spiro atoms. The number of halogens is 1. The zero-order chi connectivity index (χ0) is 7.84. The number of hydrogen-bond acceptors (Lipinski definition) is 4. The van der Waals surface area contributed by atoms with Crippen LogP contribution in [-0.2, 0) is 7.05 Å². The zero-order valence-corrected chi connectivity index (χ0v) is 6.45. The van der Waals surface area contributed by atoms with E-state index in [-0.39, 0.29) is 0 Å². The van der Waals surface area contributed by atoms with Gasteiger partial charge in [-0.2, -0.15) is 0 Å². The van der Waals surface area contributed by atoms with Crippen LogP contribution in [0.25, 0.3) is 11.3 Å². The lowest BCUT2D eigenvalue weighted by molar-refractivity contribution is 0.729. The van der Waals surface area contributed by atoms with Crippen LogP contribution in [0.1, 0.15) is 0 Å². The number of rotatable bonds is 0. The van der Waals surface area contributed by atoms with Crippen LogP contribution >= 0.6 is 11.6 Å². The summed E-state index contributed by atoms with van der Waals surface area (Å²) < 4.78 is 1.52. The number of aryl methyl sites for hydroxylation is 1. The minimum Gasteiger partial charge on any atom is -0.229 e. The molecule has 0 aliphatic rings. The lowest BCUT2D eigenvalue weighted by atomic mass is 10.6. The maximum Gasteiger partial charge on any atom is 0.221 e. The molecule has 0 amide bonds. The Bertz CT molecular complexity index is 395. The van der Waals surface area contributed by atoms with E-state index < -0.39 is 0 Å². The topological polar surface area (TPSA) is 56.5 Å². The van der Waals surface area contributed by atoms with Crippen LogP contribution in [0.15, 0.2) is 6.20 Å². The summed E-state index contributed by atoms with van der Waals surface area (Å²) in [6.07, 6.45) is 1.44. The van der Waals surface area contributed by atoms with E-state index in [2.05, 4.69) is 20.3 Å². The molecule has 5 nitrogen and oxygen atoms in total. The smallest absolute Gasteiger partial charge is 0.221 e. The first-order valence-corrected chi connectivity index (χ1v) is 3.33. The summed E-state index contributed by atoms with van der Waals surface area (Å²) in [7, 11) is 1.74. The maximum atomic E-state index is 5.61. The van der Waals surface area contributed by atoms with Crippen molar-refractivity contribution in [1.82, 2.24) is 25.0 Å². The standard InChI is InChI=1S/C5H4ClN5/c1-11-5-4(9-10-11)7-2-3(6)8-5/h2H,1H3. The summed E-state index contributed by atoms with van der Waals surface area (Å²) in [6.45, 7) is 0. The maximum absolute atomic E-state index is 5.61. The lowest BCUT2D eigenvalue weighted by Crippen LogP contribution is -1.92. The van der Waals surface area contributed by atoms with Gasteiger partial charge in [0.15, 0.2) is 5.65 Å².